The van der Waals surface area contributed by atoms with Gasteiger partial charge in [-0.05, 0) is 43.5 Å². The van der Waals surface area contributed by atoms with Gasteiger partial charge in [0.25, 0.3) is 0 Å². The number of piperazine rings is 1. The number of halogens is 1. The van der Waals surface area contributed by atoms with E-state index in [1.54, 1.807) is 28.6 Å². The number of nitrogens with zero attached hydrogens (tertiary/aromatic N) is 2. The van der Waals surface area contributed by atoms with Crippen LogP contribution in [0.3, 0.4) is 0 Å². The van der Waals surface area contributed by atoms with Crippen LogP contribution in [0.1, 0.15) is 19.3 Å². The summed E-state index contributed by atoms with van der Waals surface area (Å²) in [5, 5.41) is 0.549. The van der Waals surface area contributed by atoms with Crippen molar-refractivity contribution in [3.63, 3.8) is 0 Å². The molecule has 1 aromatic rings. The van der Waals surface area contributed by atoms with Crippen LogP contribution >= 0.6 is 11.6 Å². The van der Waals surface area contributed by atoms with Gasteiger partial charge >= 0.3 is 0 Å². The molecule has 22 heavy (non-hydrogen) atoms. The van der Waals surface area contributed by atoms with Crippen LogP contribution in [0.15, 0.2) is 41.3 Å². The zero-order chi connectivity index (χ0) is 15.6. The first kappa shape index (κ1) is 16.0. The molecule has 0 amide bonds. The predicted molar refractivity (Wildman–Crippen MR) is 88.6 cm³/mol. The molecule has 6 heteroatoms. The fourth-order valence-electron chi connectivity index (χ4n) is 3.13. The summed E-state index contributed by atoms with van der Waals surface area (Å²) in [6, 6.07) is 6.88. The molecule has 120 valence electrons. The zero-order valence-corrected chi connectivity index (χ0v) is 14.1. The molecule has 1 heterocycles. The van der Waals surface area contributed by atoms with Crippen LogP contribution in [0.4, 0.5) is 0 Å². The lowest BCUT2D eigenvalue weighted by Crippen LogP contribution is -2.51. The van der Waals surface area contributed by atoms with Gasteiger partial charge in [0, 0.05) is 37.2 Å². The number of hydrogen-bond donors (Lipinski definition) is 0. The average molecular weight is 341 g/mol. The molecule has 0 N–H and O–H groups in total. The van der Waals surface area contributed by atoms with Gasteiger partial charge in [-0.2, -0.15) is 4.31 Å². The van der Waals surface area contributed by atoms with Gasteiger partial charge in [-0.3, -0.25) is 4.90 Å². The van der Waals surface area contributed by atoms with E-state index in [0.29, 0.717) is 29.0 Å². The Kier molecular flexibility index (Phi) is 4.88. The highest BCUT2D eigenvalue weighted by atomic mass is 35.5. The summed E-state index contributed by atoms with van der Waals surface area (Å²) in [4.78, 5) is 2.71. The van der Waals surface area contributed by atoms with Gasteiger partial charge in [-0.15, -0.1) is 0 Å². The normalized spacial score (nSPS) is 24.5. The van der Waals surface area contributed by atoms with Crippen LogP contribution in [0, 0.1) is 0 Å². The van der Waals surface area contributed by atoms with Gasteiger partial charge in [-0.25, -0.2) is 8.42 Å². The zero-order valence-electron chi connectivity index (χ0n) is 12.5. The van der Waals surface area contributed by atoms with E-state index < -0.39 is 10.0 Å². The van der Waals surface area contributed by atoms with Crippen molar-refractivity contribution in [1.82, 2.24) is 9.21 Å². The van der Waals surface area contributed by atoms with E-state index in [4.69, 9.17) is 11.6 Å². The summed E-state index contributed by atoms with van der Waals surface area (Å²) in [5.41, 5.74) is 0. The van der Waals surface area contributed by atoms with Crippen molar-refractivity contribution >= 4 is 21.6 Å². The van der Waals surface area contributed by atoms with Crippen molar-refractivity contribution in [2.24, 2.45) is 0 Å². The average Bonchev–Trinajstić information content (AvgIpc) is 2.56. The summed E-state index contributed by atoms with van der Waals surface area (Å²) in [7, 11) is -3.40. The molecule has 0 spiro atoms. The Morgan fingerprint density at radius 3 is 2.32 bits per heavy atom. The molecular weight excluding hydrogens is 320 g/mol. The Hall–Kier alpha value is -0.880. The third-order valence-electron chi connectivity index (χ3n) is 4.42. The molecule has 3 rings (SSSR count). The summed E-state index contributed by atoms with van der Waals surface area (Å²) in [6.45, 7) is 2.69. The molecular formula is C16H21ClN2O2S. The smallest absolute Gasteiger partial charge is 0.243 e. The second kappa shape index (κ2) is 6.71. The van der Waals surface area contributed by atoms with Crippen molar-refractivity contribution in [3.8, 4) is 0 Å². The van der Waals surface area contributed by atoms with E-state index in [9.17, 15) is 8.42 Å². The van der Waals surface area contributed by atoms with Crippen LogP contribution < -0.4 is 0 Å². The van der Waals surface area contributed by atoms with E-state index in [-0.39, 0.29) is 0 Å². The van der Waals surface area contributed by atoms with Crippen molar-refractivity contribution in [1.29, 1.82) is 0 Å². The van der Waals surface area contributed by atoms with Gasteiger partial charge < -0.3 is 0 Å². The van der Waals surface area contributed by atoms with E-state index in [1.165, 1.54) is 19.3 Å². The van der Waals surface area contributed by atoms with Crippen molar-refractivity contribution < 1.29 is 8.42 Å². The topological polar surface area (TPSA) is 40.6 Å². The van der Waals surface area contributed by atoms with Crippen LogP contribution in [0.2, 0.25) is 5.02 Å². The Labute approximate surface area is 137 Å². The molecule has 1 unspecified atom stereocenters. The third kappa shape index (κ3) is 3.38. The maximum Gasteiger partial charge on any atom is 0.243 e. The summed E-state index contributed by atoms with van der Waals surface area (Å²) < 4.78 is 26.8. The van der Waals surface area contributed by atoms with Crippen LogP contribution in [0.5, 0.6) is 0 Å². The second-order valence-corrected chi connectivity index (χ2v) is 8.19. The molecule has 1 aromatic carbocycles. The Morgan fingerprint density at radius 2 is 1.73 bits per heavy atom. The van der Waals surface area contributed by atoms with E-state index in [0.717, 1.165) is 13.1 Å². The first-order chi connectivity index (χ1) is 10.6. The monoisotopic (exact) mass is 340 g/mol. The van der Waals surface area contributed by atoms with Gasteiger partial charge in [0.2, 0.25) is 10.0 Å². The molecule has 4 nitrogen and oxygen atoms in total. The lowest BCUT2D eigenvalue weighted by atomic mass is 10.0. The quantitative estimate of drug-likeness (QED) is 0.794. The highest BCUT2D eigenvalue weighted by molar-refractivity contribution is 7.89. The van der Waals surface area contributed by atoms with Gasteiger partial charge in [0.05, 0.1) is 4.90 Å². The summed E-state index contributed by atoms with van der Waals surface area (Å²) in [6.07, 6.45) is 8.09. The number of sulfonamides is 1. The second-order valence-electron chi connectivity index (χ2n) is 5.82. The van der Waals surface area contributed by atoms with E-state index in [1.807, 2.05) is 0 Å². The van der Waals surface area contributed by atoms with Crippen molar-refractivity contribution in [2.45, 2.75) is 30.2 Å². The first-order valence-electron chi connectivity index (χ1n) is 7.74. The molecule has 0 radical (unpaired) electrons. The maximum absolute atomic E-state index is 12.6. The largest absolute Gasteiger partial charge is 0.294 e. The van der Waals surface area contributed by atoms with Gasteiger partial charge in [0.15, 0.2) is 0 Å². The maximum atomic E-state index is 12.6. The number of allylic oxidation sites excluding steroid dienone is 1. The first-order valence-corrected chi connectivity index (χ1v) is 9.55. The van der Waals surface area contributed by atoms with Crippen molar-refractivity contribution in [2.75, 3.05) is 26.2 Å². The third-order valence-corrected chi connectivity index (χ3v) is 6.59. The number of benzene rings is 1. The molecule has 1 saturated heterocycles. The standard InChI is InChI=1S/C16H21ClN2O2S/c17-14-6-8-16(9-7-14)22(20,21)19-12-10-18(11-13-19)15-4-2-1-3-5-15/h2,4,6-9,15H,1,3,5,10-13H2. The molecule has 1 aliphatic heterocycles. The molecule has 1 fully saturated rings. The van der Waals surface area contributed by atoms with Crippen LogP contribution in [0.25, 0.3) is 0 Å². The minimum atomic E-state index is -3.40. The van der Waals surface area contributed by atoms with E-state index in [2.05, 4.69) is 17.1 Å². The summed E-state index contributed by atoms with van der Waals surface area (Å²) >= 11 is 5.83. The van der Waals surface area contributed by atoms with Gasteiger partial charge in [-0.1, -0.05) is 23.8 Å². The summed E-state index contributed by atoms with van der Waals surface area (Å²) in [5.74, 6) is 0. The molecule has 1 aliphatic carbocycles. The molecule has 0 bridgehead atoms. The van der Waals surface area contributed by atoms with E-state index >= 15 is 0 Å². The van der Waals surface area contributed by atoms with Crippen LogP contribution in [-0.2, 0) is 10.0 Å². The highest BCUT2D eigenvalue weighted by Gasteiger charge is 2.30. The lowest BCUT2D eigenvalue weighted by Gasteiger charge is -2.38. The lowest BCUT2D eigenvalue weighted by molar-refractivity contribution is 0.150. The minimum Gasteiger partial charge on any atom is -0.294 e. The molecule has 0 saturated carbocycles. The minimum absolute atomic E-state index is 0.322. The van der Waals surface area contributed by atoms with Crippen molar-refractivity contribution in [3.05, 3.63) is 41.4 Å². The predicted octanol–water partition coefficient (Wildman–Crippen LogP) is 2.76. The Bertz CT molecular complexity index is 635. The fourth-order valence-corrected chi connectivity index (χ4v) is 4.68. The SMILES string of the molecule is O=S(=O)(c1ccc(Cl)cc1)N1CCN(C2C=CCCC2)CC1. The molecule has 0 aromatic heterocycles. The number of hydrogen-bond acceptors (Lipinski definition) is 3. The van der Waals surface area contributed by atoms with Crippen LogP contribution in [-0.4, -0.2) is 49.8 Å². The fraction of sp³-hybridized carbons (Fsp3) is 0.500. The Morgan fingerprint density at radius 1 is 1.05 bits per heavy atom. The highest BCUT2D eigenvalue weighted by Crippen LogP contribution is 2.22. The number of rotatable bonds is 3. The molecule has 2 aliphatic rings. The van der Waals surface area contributed by atoms with Gasteiger partial charge in [0.1, 0.15) is 0 Å². The molecule has 1 atom stereocenters. The Balaban J connectivity index is 1.66.